The van der Waals surface area contributed by atoms with Crippen LogP contribution in [-0.2, 0) is 9.59 Å². The van der Waals surface area contributed by atoms with Gasteiger partial charge in [0, 0.05) is 11.3 Å². The first-order valence-electron chi connectivity index (χ1n) is 9.93. The van der Waals surface area contributed by atoms with Gasteiger partial charge in [0.25, 0.3) is 11.7 Å². The van der Waals surface area contributed by atoms with Gasteiger partial charge in [-0.2, -0.15) is 5.26 Å². The molecule has 0 saturated carbocycles. The maximum atomic E-state index is 13.2. The Hall–Kier alpha value is -4.63. The predicted octanol–water partition coefficient (Wildman–Crippen LogP) is 4.93. The van der Waals surface area contributed by atoms with Crippen molar-refractivity contribution in [3.8, 4) is 6.07 Å². The molecule has 6 nitrogen and oxygen atoms in total. The fraction of sp³-hybridized carbons (Fsp3) is 0.0385. The van der Waals surface area contributed by atoms with Crippen LogP contribution in [0.3, 0.4) is 0 Å². The van der Waals surface area contributed by atoms with Gasteiger partial charge in [-0.15, -0.1) is 0 Å². The lowest BCUT2D eigenvalue weighted by molar-refractivity contribution is -0.132. The molecule has 1 N–H and O–H groups in total. The highest BCUT2D eigenvalue weighted by atomic mass is 16.3. The summed E-state index contributed by atoms with van der Waals surface area (Å²) in [6, 6.07) is 23.6. The normalized spacial score (nSPS) is 17.6. The number of rotatable bonds is 3. The third-order valence-electron chi connectivity index (χ3n) is 5.58. The maximum absolute atomic E-state index is 13.2. The fourth-order valence-electron chi connectivity index (χ4n) is 4.09. The molecule has 1 aliphatic heterocycles. The summed E-state index contributed by atoms with van der Waals surface area (Å²) in [6.45, 7) is 0. The number of carbonyl (C=O) groups excluding carboxylic acids is 2. The van der Waals surface area contributed by atoms with Crippen molar-refractivity contribution >= 4 is 33.9 Å². The van der Waals surface area contributed by atoms with Crippen molar-refractivity contribution in [3.63, 3.8) is 0 Å². The van der Waals surface area contributed by atoms with Crippen LogP contribution >= 0.6 is 0 Å². The van der Waals surface area contributed by atoms with Crippen LogP contribution in [0.4, 0.5) is 5.69 Å². The lowest BCUT2D eigenvalue weighted by atomic mass is 9.96. The van der Waals surface area contributed by atoms with Gasteiger partial charge in [0.15, 0.2) is 0 Å². The van der Waals surface area contributed by atoms with Crippen molar-refractivity contribution in [2.45, 2.75) is 6.04 Å². The largest absolute Gasteiger partial charge is 0.507 e. The van der Waals surface area contributed by atoms with Crippen LogP contribution in [0.5, 0.6) is 0 Å². The Morgan fingerprint density at radius 2 is 1.69 bits per heavy atom. The quantitative estimate of drug-likeness (QED) is 0.288. The second-order valence-corrected chi connectivity index (χ2v) is 7.37. The number of aliphatic hydroxyl groups is 1. The number of nitriles is 1. The number of furan rings is 1. The molecule has 0 aliphatic carbocycles. The van der Waals surface area contributed by atoms with Crippen molar-refractivity contribution in [2.24, 2.45) is 0 Å². The zero-order valence-corrected chi connectivity index (χ0v) is 16.7. The standard InChI is InChI=1S/C26H16N2O4/c27-15-16-10-12-18(13-11-16)28-23(21-9-4-14-32-21)22(25(30)26(28)31)24(29)20-8-3-6-17-5-1-2-7-19(17)20/h1-14,23,29H/b24-22-. The summed E-state index contributed by atoms with van der Waals surface area (Å²) < 4.78 is 5.57. The highest BCUT2D eigenvalue weighted by Gasteiger charge is 2.48. The first-order valence-corrected chi connectivity index (χ1v) is 9.93. The van der Waals surface area contributed by atoms with Gasteiger partial charge in [-0.05, 0) is 47.2 Å². The molecule has 5 rings (SSSR count). The van der Waals surface area contributed by atoms with Crippen LogP contribution in [0, 0.1) is 11.3 Å². The molecule has 1 aromatic heterocycles. The molecule has 1 amide bonds. The Labute approximate surface area is 183 Å². The van der Waals surface area contributed by atoms with E-state index in [1.165, 1.54) is 11.2 Å². The van der Waals surface area contributed by atoms with E-state index in [1.807, 2.05) is 36.4 Å². The monoisotopic (exact) mass is 420 g/mol. The van der Waals surface area contributed by atoms with E-state index in [1.54, 1.807) is 48.5 Å². The van der Waals surface area contributed by atoms with E-state index >= 15 is 0 Å². The Morgan fingerprint density at radius 3 is 2.41 bits per heavy atom. The summed E-state index contributed by atoms with van der Waals surface area (Å²) >= 11 is 0. The van der Waals surface area contributed by atoms with E-state index in [0.29, 0.717) is 22.6 Å². The zero-order valence-electron chi connectivity index (χ0n) is 16.7. The average Bonchev–Trinajstić information content (AvgIpc) is 3.45. The van der Waals surface area contributed by atoms with Crippen LogP contribution in [0.25, 0.3) is 16.5 Å². The molecule has 0 spiro atoms. The van der Waals surface area contributed by atoms with E-state index in [0.717, 1.165) is 10.8 Å². The lowest BCUT2D eigenvalue weighted by Crippen LogP contribution is -2.29. The highest BCUT2D eigenvalue weighted by molar-refractivity contribution is 6.51. The number of hydrogen-bond acceptors (Lipinski definition) is 5. The van der Waals surface area contributed by atoms with Crippen molar-refractivity contribution < 1.29 is 19.1 Å². The van der Waals surface area contributed by atoms with Crippen molar-refractivity contribution in [1.82, 2.24) is 0 Å². The van der Waals surface area contributed by atoms with Gasteiger partial charge in [-0.1, -0.05) is 42.5 Å². The number of nitrogens with zero attached hydrogens (tertiary/aromatic N) is 2. The van der Waals surface area contributed by atoms with Crippen molar-refractivity contribution in [3.05, 3.63) is 108 Å². The molecular weight excluding hydrogens is 404 g/mol. The van der Waals surface area contributed by atoms with Crippen molar-refractivity contribution in [1.29, 1.82) is 5.26 Å². The third-order valence-corrected chi connectivity index (χ3v) is 5.58. The molecule has 4 aromatic rings. The second-order valence-electron chi connectivity index (χ2n) is 7.37. The third kappa shape index (κ3) is 2.96. The van der Waals surface area contributed by atoms with E-state index in [-0.39, 0.29) is 11.3 Å². The Balaban J connectivity index is 1.74. The number of anilines is 1. The molecule has 2 heterocycles. The minimum Gasteiger partial charge on any atom is -0.507 e. The smallest absolute Gasteiger partial charge is 0.300 e. The number of benzene rings is 3. The minimum atomic E-state index is -0.947. The molecule has 0 bridgehead atoms. The molecular formula is C26H16N2O4. The number of aliphatic hydroxyl groups excluding tert-OH is 1. The first kappa shape index (κ1) is 19.3. The number of amides is 1. The van der Waals surface area contributed by atoms with Gasteiger partial charge in [0.1, 0.15) is 17.6 Å². The topological polar surface area (TPSA) is 94.5 Å². The molecule has 3 aromatic carbocycles. The molecule has 32 heavy (non-hydrogen) atoms. The lowest BCUT2D eigenvalue weighted by Gasteiger charge is -2.23. The van der Waals surface area contributed by atoms with Crippen LogP contribution in [0.1, 0.15) is 22.9 Å². The van der Waals surface area contributed by atoms with Crippen LogP contribution < -0.4 is 4.90 Å². The number of Topliss-reactive ketones (excluding diaryl/α,β-unsaturated/α-hetero) is 1. The number of ketones is 1. The maximum Gasteiger partial charge on any atom is 0.300 e. The van der Waals surface area contributed by atoms with Crippen LogP contribution in [-0.4, -0.2) is 16.8 Å². The molecule has 1 unspecified atom stereocenters. The Kier molecular flexibility index (Phi) is 4.57. The van der Waals surface area contributed by atoms with Gasteiger partial charge < -0.3 is 9.52 Å². The van der Waals surface area contributed by atoms with Gasteiger partial charge in [0.2, 0.25) is 0 Å². The van der Waals surface area contributed by atoms with E-state index in [4.69, 9.17) is 9.68 Å². The van der Waals surface area contributed by atoms with Crippen molar-refractivity contribution in [2.75, 3.05) is 4.90 Å². The fourth-order valence-corrected chi connectivity index (χ4v) is 4.09. The summed E-state index contributed by atoms with van der Waals surface area (Å²) in [5.41, 5.74) is 1.25. The predicted molar refractivity (Wildman–Crippen MR) is 119 cm³/mol. The van der Waals surface area contributed by atoms with E-state index in [2.05, 4.69) is 0 Å². The van der Waals surface area contributed by atoms with Crippen LogP contribution in [0.15, 0.2) is 95.1 Å². The SMILES string of the molecule is N#Cc1ccc(N2C(=O)C(=O)/C(=C(\O)c3cccc4ccccc34)C2c2ccco2)cc1. The van der Waals surface area contributed by atoms with Gasteiger partial charge in [0.05, 0.1) is 23.5 Å². The summed E-state index contributed by atoms with van der Waals surface area (Å²) in [6.07, 6.45) is 1.45. The molecule has 0 radical (unpaired) electrons. The minimum absolute atomic E-state index is 0.0503. The molecule has 6 heteroatoms. The summed E-state index contributed by atoms with van der Waals surface area (Å²) in [5, 5.41) is 22.1. The molecule has 1 atom stereocenters. The van der Waals surface area contributed by atoms with Gasteiger partial charge in [-0.25, -0.2) is 0 Å². The Morgan fingerprint density at radius 1 is 0.938 bits per heavy atom. The number of hydrogen-bond donors (Lipinski definition) is 1. The van der Waals surface area contributed by atoms with E-state index < -0.39 is 17.7 Å². The molecule has 1 aliphatic rings. The number of carbonyl (C=O) groups is 2. The summed E-state index contributed by atoms with van der Waals surface area (Å²) in [4.78, 5) is 27.6. The zero-order chi connectivity index (χ0) is 22.2. The molecule has 1 fully saturated rings. The van der Waals surface area contributed by atoms with Crippen LogP contribution in [0.2, 0.25) is 0 Å². The molecule has 154 valence electrons. The summed E-state index contributed by atoms with van der Waals surface area (Å²) in [7, 11) is 0. The Bertz CT molecular complexity index is 1420. The summed E-state index contributed by atoms with van der Waals surface area (Å²) in [5.74, 6) is -1.51. The first-order chi connectivity index (χ1) is 15.6. The number of fused-ring (bicyclic) bond motifs is 1. The highest BCUT2D eigenvalue weighted by Crippen LogP contribution is 2.43. The van der Waals surface area contributed by atoms with Gasteiger partial charge >= 0.3 is 0 Å². The average molecular weight is 420 g/mol. The second kappa shape index (κ2) is 7.56. The molecule has 1 saturated heterocycles. The van der Waals surface area contributed by atoms with E-state index in [9.17, 15) is 14.7 Å². The van der Waals surface area contributed by atoms with Gasteiger partial charge in [-0.3, -0.25) is 14.5 Å².